The van der Waals surface area contributed by atoms with Gasteiger partial charge in [0.1, 0.15) is 0 Å². The SMILES string of the molecule is c1ccc(-c2cnc(-n3c4ccccc4c4cc5cc6ccn(-c7ccccc7)c6cc5cc43)nc2)cc1. The molecule has 0 amide bonds. The first kappa shape index (κ1) is 20.9. The predicted molar refractivity (Wildman–Crippen MR) is 156 cm³/mol. The standard InChI is InChI=1S/C34H22N4/c1-3-9-23(10-4-1)27-21-35-34(36-22-27)38-31-14-8-7-13-29(31)30-18-25-17-24-15-16-37(28-11-5-2-6-12-28)32(24)19-26(25)20-33(30)38/h1-22H. The molecule has 0 unspecified atom stereocenters. The van der Waals surface area contributed by atoms with Crippen molar-refractivity contribution in [2.75, 3.05) is 0 Å². The lowest BCUT2D eigenvalue weighted by molar-refractivity contribution is 0.990. The second-order valence-electron chi connectivity index (χ2n) is 9.64. The third-order valence-corrected chi connectivity index (χ3v) is 7.42. The Labute approximate surface area is 219 Å². The van der Waals surface area contributed by atoms with Gasteiger partial charge in [0.2, 0.25) is 5.95 Å². The monoisotopic (exact) mass is 486 g/mol. The van der Waals surface area contributed by atoms with Crippen LogP contribution in [-0.2, 0) is 0 Å². The lowest BCUT2D eigenvalue weighted by Crippen LogP contribution is -2.00. The van der Waals surface area contributed by atoms with Gasteiger partial charge < -0.3 is 4.57 Å². The molecule has 0 N–H and O–H groups in total. The smallest absolute Gasteiger partial charge is 0.234 e. The maximum absolute atomic E-state index is 4.82. The highest BCUT2D eigenvalue weighted by Gasteiger charge is 2.16. The fourth-order valence-electron chi connectivity index (χ4n) is 5.59. The first-order chi connectivity index (χ1) is 18.8. The van der Waals surface area contributed by atoms with E-state index in [1.54, 1.807) is 0 Å². The molecule has 0 saturated heterocycles. The zero-order valence-corrected chi connectivity index (χ0v) is 20.5. The van der Waals surface area contributed by atoms with Gasteiger partial charge in [-0.3, -0.25) is 4.57 Å². The average molecular weight is 487 g/mol. The minimum absolute atomic E-state index is 0.670. The molecule has 0 aliphatic rings. The Morgan fingerprint density at radius 3 is 1.97 bits per heavy atom. The van der Waals surface area contributed by atoms with Crippen LogP contribution >= 0.6 is 0 Å². The third kappa shape index (κ3) is 3.17. The summed E-state index contributed by atoms with van der Waals surface area (Å²) in [6.45, 7) is 0. The normalized spacial score (nSPS) is 11.7. The Balaban J connectivity index is 1.37. The van der Waals surface area contributed by atoms with Crippen LogP contribution in [0.3, 0.4) is 0 Å². The Kier molecular flexibility index (Phi) is 4.49. The zero-order chi connectivity index (χ0) is 25.1. The Morgan fingerprint density at radius 2 is 1.16 bits per heavy atom. The number of para-hydroxylation sites is 2. The summed E-state index contributed by atoms with van der Waals surface area (Å²) in [6, 6.07) is 40.6. The van der Waals surface area contributed by atoms with Crippen LogP contribution in [0.1, 0.15) is 0 Å². The van der Waals surface area contributed by atoms with Gasteiger partial charge in [-0.05, 0) is 64.9 Å². The molecular formula is C34H22N4. The minimum Gasteiger partial charge on any atom is -0.317 e. The Hall–Kier alpha value is -5.22. The van der Waals surface area contributed by atoms with E-state index in [-0.39, 0.29) is 0 Å². The molecule has 4 heteroatoms. The van der Waals surface area contributed by atoms with Gasteiger partial charge in [0, 0.05) is 46.0 Å². The fourth-order valence-corrected chi connectivity index (χ4v) is 5.59. The van der Waals surface area contributed by atoms with Gasteiger partial charge in [0.15, 0.2) is 0 Å². The number of rotatable bonds is 3. The van der Waals surface area contributed by atoms with Crippen LogP contribution in [0, 0.1) is 0 Å². The van der Waals surface area contributed by atoms with Crippen LogP contribution in [0.5, 0.6) is 0 Å². The number of benzene rings is 5. The van der Waals surface area contributed by atoms with E-state index < -0.39 is 0 Å². The van der Waals surface area contributed by atoms with Crippen molar-refractivity contribution >= 4 is 43.5 Å². The topological polar surface area (TPSA) is 35.6 Å². The second-order valence-corrected chi connectivity index (χ2v) is 9.64. The molecule has 38 heavy (non-hydrogen) atoms. The molecule has 5 aromatic carbocycles. The highest BCUT2D eigenvalue weighted by atomic mass is 15.1. The molecule has 0 radical (unpaired) electrons. The summed E-state index contributed by atoms with van der Waals surface area (Å²) in [7, 11) is 0. The highest BCUT2D eigenvalue weighted by Crippen LogP contribution is 2.36. The molecule has 0 spiro atoms. The number of aromatic nitrogens is 4. The molecule has 0 atom stereocenters. The summed E-state index contributed by atoms with van der Waals surface area (Å²) < 4.78 is 4.43. The van der Waals surface area contributed by atoms with Crippen molar-refractivity contribution in [2.45, 2.75) is 0 Å². The van der Waals surface area contributed by atoms with E-state index in [4.69, 9.17) is 9.97 Å². The average Bonchev–Trinajstić information content (AvgIpc) is 3.54. The van der Waals surface area contributed by atoms with E-state index in [1.807, 2.05) is 30.6 Å². The van der Waals surface area contributed by atoms with Crippen LogP contribution in [0.15, 0.2) is 134 Å². The second kappa shape index (κ2) is 8.15. The van der Waals surface area contributed by atoms with E-state index in [1.165, 1.54) is 32.4 Å². The first-order valence-corrected chi connectivity index (χ1v) is 12.7. The Bertz CT molecular complexity index is 2100. The van der Waals surface area contributed by atoms with Crippen molar-refractivity contribution < 1.29 is 0 Å². The summed E-state index contributed by atoms with van der Waals surface area (Å²) >= 11 is 0. The molecule has 0 aliphatic carbocycles. The van der Waals surface area contributed by atoms with E-state index in [2.05, 4.69) is 112 Å². The number of hydrogen-bond donors (Lipinski definition) is 0. The van der Waals surface area contributed by atoms with Crippen LogP contribution < -0.4 is 0 Å². The molecule has 0 fully saturated rings. The third-order valence-electron chi connectivity index (χ3n) is 7.42. The number of fused-ring (bicyclic) bond motifs is 5. The summed E-state index contributed by atoms with van der Waals surface area (Å²) in [5.41, 5.74) is 6.66. The zero-order valence-electron chi connectivity index (χ0n) is 20.5. The van der Waals surface area contributed by atoms with Crippen molar-refractivity contribution in [3.05, 3.63) is 134 Å². The van der Waals surface area contributed by atoms with Crippen LogP contribution in [0.4, 0.5) is 0 Å². The molecule has 8 rings (SSSR count). The van der Waals surface area contributed by atoms with E-state index >= 15 is 0 Å². The molecule has 3 aromatic heterocycles. The van der Waals surface area contributed by atoms with Gasteiger partial charge in [0.05, 0.1) is 16.6 Å². The molecule has 178 valence electrons. The van der Waals surface area contributed by atoms with Gasteiger partial charge in [-0.2, -0.15) is 0 Å². The molecule has 4 nitrogen and oxygen atoms in total. The Morgan fingerprint density at radius 1 is 0.474 bits per heavy atom. The van der Waals surface area contributed by atoms with Crippen LogP contribution in [-0.4, -0.2) is 19.1 Å². The molecule has 0 aliphatic heterocycles. The maximum Gasteiger partial charge on any atom is 0.234 e. The maximum atomic E-state index is 4.82. The van der Waals surface area contributed by atoms with Crippen molar-refractivity contribution in [3.63, 3.8) is 0 Å². The minimum atomic E-state index is 0.670. The molecular weight excluding hydrogens is 464 g/mol. The molecule has 3 heterocycles. The van der Waals surface area contributed by atoms with Crippen molar-refractivity contribution in [2.24, 2.45) is 0 Å². The first-order valence-electron chi connectivity index (χ1n) is 12.7. The summed E-state index contributed by atoms with van der Waals surface area (Å²) in [6.07, 6.45) is 5.97. The lowest BCUT2D eigenvalue weighted by atomic mass is 10.0. The quantitative estimate of drug-likeness (QED) is 0.252. The lowest BCUT2D eigenvalue weighted by Gasteiger charge is -2.09. The highest BCUT2D eigenvalue weighted by molar-refractivity contribution is 6.14. The van der Waals surface area contributed by atoms with Crippen LogP contribution in [0.2, 0.25) is 0 Å². The van der Waals surface area contributed by atoms with Gasteiger partial charge in [-0.1, -0.05) is 66.7 Å². The number of hydrogen-bond acceptors (Lipinski definition) is 2. The summed E-state index contributed by atoms with van der Waals surface area (Å²) in [4.78, 5) is 9.64. The summed E-state index contributed by atoms with van der Waals surface area (Å²) in [5.74, 6) is 0.670. The van der Waals surface area contributed by atoms with Gasteiger partial charge in [-0.15, -0.1) is 0 Å². The predicted octanol–water partition coefficient (Wildman–Crippen LogP) is 8.34. The van der Waals surface area contributed by atoms with Gasteiger partial charge in [0.25, 0.3) is 0 Å². The van der Waals surface area contributed by atoms with E-state index in [9.17, 15) is 0 Å². The fraction of sp³-hybridized carbons (Fsp3) is 0. The summed E-state index contributed by atoms with van der Waals surface area (Å²) in [5, 5.41) is 6.03. The molecule has 8 aromatic rings. The molecule has 0 saturated carbocycles. The van der Waals surface area contributed by atoms with E-state index in [0.29, 0.717) is 5.95 Å². The van der Waals surface area contributed by atoms with Gasteiger partial charge >= 0.3 is 0 Å². The molecule has 0 bridgehead atoms. The van der Waals surface area contributed by atoms with E-state index in [0.717, 1.165) is 27.8 Å². The van der Waals surface area contributed by atoms with Crippen LogP contribution in [0.25, 0.3) is 66.2 Å². The van der Waals surface area contributed by atoms with Gasteiger partial charge in [-0.25, -0.2) is 9.97 Å². The van der Waals surface area contributed by atoms with Crippen molar-refractivity contribution in [1.82, 2.24) is 19.1 Å². The van der Waals surface area contributed by atoms with Crippen molar-refractivity contribution in [1.29, 1.82) is 0 Å². The largest absolute Gasteiger partial charge is 0.317 e. The number of nitrogens with zero attached hydrogens (tertiary/aromatic N) is 4. The van der Waals surface area contributed by atoms with Crippen molar-refractivity contribution in [3.8, 4) is 22.8 Å².